The molecule has 3 nitrogen and oxygen atoms in total. The van der Waals surface area contributed by atoms with Crippen LogP contribution in [0, 0.1) is 0 Å². The number of pyridine rings is 1. The molecule has 1 N–H and O–H groups in total. The average Bonchev–Trinajstić information content (AvgIpc) is 2.36. The lowest BCUT2D eigenvalue weighted by molar-refractivity contribution is 0.651. The molecule has 1 aromatic carbocycles. The highest BCUT2D eigenvalue weighted by molar-refractivity contribution is 14.1. The minimum Gasteiger partial charge on any atom is -0.478 e. The average molecular weight is 361 g/mol. The van der Waals surface area contributed by atoms with Gasteiger partial charge in [-0.3, -0.25) is 4.79 Å². The van der Waals surface area contributed by atoms with Crippen LogP contribution in [0.5, 0.6) is 5.75 Å². The number of hydrogen-bond donors (Lipinski definition) is 1. The molecule has 0 saturated carbocycles. The number of aromatic nitrogens is 1. The van der Waals surface area contributed by atoms with E-state index in [0.29, 0.717) is 11.7 Å². The zero-order valence-corrected chi connectivity index (χ0v) is 12.7. The van der Waals surface area contributed by atoms with Crippen molar-refractivity contribution in [1.82, 2.24) is 4.98 Å². The van der Waals surface area contributed by atoms with Crippen molar-refractivity contribution in [2.45, 2.75) is 12.8 Å². The lowest BCUT2D eigenvalue weighted by atomic mass is 9.98. The van der Waals surface area contributed by atoms with Crippen LogP contribution in [0.25, 0.3) is 10.9 Å². The summed E-state index contributed by atoms with van der Waals surface area (Å²) in [6.45, 7) is 2.17. The Labute approximate surface area is 115 Å². The molecule has 2 aromatic rings. The second-order valence-electron chi connectivity index (χ2n) is 3.94. The summed E-state index contributed by atoms with van der Waals surface area (Å²) in [5.41, 5.74) is 1.89. The van der Waals surface area contributed by atoms with E-state index < -0.39 is 0 Å². The van der Waals surface area contributed by atoms with E-state index >= 15 is 0 Å². The number of rotatable bonds is 3. The third kappa shape index (κ3) is 2.47. The Morgan fingerprint density at radius 3 is 2.82 bits per heavy atom. The van der Waals surface area contributed by atoms with Crippen LogP contribution in [-0.4, -0.2) is 9.41 Å². The van der Waals surface area contributed by atoms with Crippen LogP contribution < -0.4 is 10.1 Å². The Morgan fingerprint density at radius 1 is 1.41 bits per heavy atom. The van der Waals surface area contributed by atoms with Crippen LogP contribution in [0.15, 0.2) is 29.1 Å². The van der Waals surface area contributed by atoms with Gasteiger partial charge in [0.1, 0.15) is 5.75 Å². The Hall–Kier alpha value is -0.610. The van der Waals surface area contributed by atoms with Gasteiger partial charge in [-0.2, -0.15) is 0 Å². The number of benzene rings is 1. The van der Waals surface area contributed by atoms with Gasteiger partial charge in [-0.1, -0.05) is 35.6 Å². The first-order valence-electron chi connectivity index (χ1n) is 5.26. The van der Waals surface area contributed by atoms with Crippen molar-refractivity contribution < 1.29 is 4.52 Å². The zero-order valence-electron chi connectivity index (χ0n) is 9.37. The summed E-state index contributed by atoms with van der Waals surface area (Å²) < 4.78 is 6.23. The molecule has 0 saturated heterocycles. The number of alkyl halides is 1. The standard InChI is InChI=1S/C12H13INO2P/c1-7(6-13)8-2-4-10(16-17)12-9(8)3-5-11(15)14-12/h2-5,7H,6,17H2,1H3,(H,14,15)/t7-/m0/s1. The summed E-state index contributed by atoms with van der Waals surface area (Å²) in [7, 11) is 2.21. The molecule has 1 heterocycles. The first-order chi connectivity index (χ1) is 8.17. The number of aromatic amines is 1. The minimum absolute atomic E-state index is 0.111. The second kappa shape index (κ2) is 5.36. The second-order valence-corrected chi connectivity index (χ2v) is 5.05. The summed E-state index contributed by atoms with van der Waals surface area (Å²) >= 11 is 2.37. The number of nitrogens with one attached hydrogen (secondary N) is 1. The van der Waals surface area contributed by atoms with Gasteiger partial charge in [-0.15, -0.1) is 0 Å². The van der Waals surface area contributed by atoms with Crippen molar-refractivity contribution >= 4 is 43.0 Å². The number of H-pyrrole nitrogens is 1. The maximum Gasteiger partial charge on any atom is 0.248 e. The maximum absolute atomic E-state index is 11.4. The van der Waals surface area contributed by atoms with E-state index in [2.05, 4.69) is 50.0 Å². The molecule has 17 heavy (non-hydrogen) atoms. The highest BCUT2D eigenvalue weighted by atomic mass is 127. The van der Waals surface area contributed by atoms with Crippen molar-refractivity contribution in [3.63, 3.8) is 0 Å². The monoisotopic (exact) mass is 361 g/mol. The summed E-state index contributed by atoms with van der Waals surface area (Å²) in [6.07, 6.45) is 0. The van der Waals surface area contributed by atoms with E-state index in [1.165, 1.54) is 5.56 Å². The maximum atomic E-state index is 11.4. The zero-order chi connectivity index (χ0) is 12.4. The Morgan fingerprint density at radius 2 is 2.18 bits per heavy atom. The molecular weight excluding hydrogens is 348 g/mol. The molecule has 0 aliphatic carbocycles. The van der Waals surface area contributed by atoms with Gasteiger partial charge >= 0.3 is 0 Å². The van der Waals surface area contributed by atoms with Crippen LogP contribution in [0.4, 0.5) is 0 Å². The van der Waals surface area contributed by atoms with E-state index in [4.69, 9.17) is 4.52 Å². The van der Waals surface area contributed by atoms with Gasteiger partial charge in [0, 0.05) is 15.9 Å². The molecule has 2 atom stereocenters. The van der Waals surface area contributed by atoms with E-state index in [-0.39, 0.29) is 5.56 Å². The molecule has 2 rings (SSSR count). The smallest absolute Gasteiger partial charge is 0.248 e. The van der Waals surface area contributed by atoms with Crippen LogP contribution in [0.1, 0.15) is 18.4 Å². The Kier molecular flexibility index (Phi) is 4.05. The molecule has 0 aliphatic rings. The molecular formula is C12H13INO2P. The third-order valence-corrected chi connectivity index (χ3v) is 4.36. The SMILES string of the molecule is C[C@@H](CI)c1ccc(OP)c2[nH]c(=O)ccc12. The van der Waals surface area contributed by atoms with E-state index in [9.17, 15) is 4.79 Å². The molecule has 1 unspecified atom stereocenters. The van der Waals surface area contributed by atoms with Gasteiger partial charge in [0.05, 0.1) is 15.0 Å². The van der Waals surface area contributed by atoms with Gasteiger partial charge in [-0.25, -0.2) is 0 Å². The molecule has 90 valence electrons. The highest BCUT2D eigenvalue weighted by Crippen LogP contribution is 2.31. The normalized spacial score (nSPS) is 12.6. The molecule has 0 spiro atoms. The van der Waals surface area contributed by atoms with Gasteiger partial charge in [-0.05, 0) is 23.6 Å². The summed E-state index contributed by atoms with van der Waals surface area (Å²) in [5, 5.41) is 1.05. The lowest BCUT2D eigenvalue weighted by Gasteiger charge is -2.13. The molecule has 0 aliphatic heterocycles. The van der Waals surface area contributed by atoms with E-state index in [0.717, 1.165) is 15.3 Å². The molecule has 0 bridgehead atoms. The number of fused-ring (bicyclic) bond motifs is 1. The van der Waals surface area contributed by atoms with Gasteiger partial charge in [0.15, 0.2) is 0 Å². The topological polar surface area (TPSA) is 42.1 Å². The summed E-state index contributed by atoms with van der Waals surface area (Å²) in [5.74, 6) is 1.12. The first-order valence-corrected chi connectivity index (χ1v) is 7.25. The molecule has 0 radical (unpaired) electrons. The van der Waals surface area contributed by atoms with Crippen molar-refractivity contribution in [2.75, 3.05) is 4.43 Å². The fourth-order valence-electron chi connectivity index (χ4n) is 1.86. The fraction of sp³-hybridized carbons (Fsp3) is 0.250. The minimum atomic E-state index is -0.111. The third-order valence-electron chi connectivity index (χ3n) is 2.78. The summed E-state index contributed by atoms with van der Waals surface area (Å²) in [6, 6.07) is 7.37. The van der Waals surface area contributed by atoms with Crippen LogP contribution in [0.3, 0.4) is 0 Å². The van der Waals surface area contributed by atoms with Crippen molar-refractivity contribution in [2.24, 2.45) is 0 Å². The van der Waals surface area contributed by atoms with E-state index in [1.807, 2.05) is 12.1 Å². The molecule has 0 amide bonds. The molecule has 5 heteroatoms. The predicted molar refractivity (Wildman–Crippen MR) is 82.2 cm³/mol. The van der Waals surface area contributed by atoms with Crippen molar-refractivity contribution in [3.05, 3.63) is 40.2 Å². The Balaban J connectivity index is 2.77. The van der Waals surface area contributed by atoms with Gasteiger partial charge in [0.2, 0.25) is 5.56 Å². The molecule has 1 aromatic heterocycles. The predicted octanol–water partition coefficient (Wildman–Crippen LogP) is 3.24. The van der Waals surface area contributed by atoms with Gasteiger partial charge in [0.25, 0.3) is 0 Å². The highest BCUT2D eigenvalue weighted by Gasteiger charge is 2.11. The first kappa shape index (κ1) is 12.8. The van der Waals surface area contributed by atoms with Gasteiger partial charge < -0.3 is 9.51 Å². The Bertz CT molecular complexity index is 597. The number of halogens is 1. The largest absolute Gasteiger partial charge is 0.478 e. The van der Waals surface area contributed by atoms with Crippen LogP contribution >= 0.6 is 32.1 Å². The summed E-state index contributed by atoms with van der Waals surface area (Å²) in [4.78, 5) is 14.2. The van der Waals surface area contributed by atoms with Crippen molar-refractivity contribution in [1.29, 1.82) is 0 Å². The van der Waals surface area contributed by atoms with Crippen LogP contribution in [-0.2, 0) is 0 Å². The quantitative estimate of drug-likeness (QED) is 0.518. The fourth-order valence-corrected chi connectivity index (χ4v) is 2.53. The molecule has 0 fully saturated rings. The van der Waals surface area contributed by atoms with E-state index in [1.54, 1.807) is 6.07 Å². The number of hydrogen-bond acceptors (Lipinski definition) is 2. The lowest BCUT2D eigenvalue weighted by Crippen LogP contribution is -2.05. The van der Waals surface area contributed by atoms with Crippen molar-refractivity contribution in [3.8, 4) is 5.75 Å². The van der Waals surface area contributed by atoms with Crippen LogP contribution in [0.2, 0.25) is 0 Å².